The standard InChI is InChI=1S/C11H10ClIN2OS/c1-5(2)9-8(13)11(16)15-10(14-9)7-3-6(12)4-17-7/h3-5H,1-2H3,(H,14,15,16). The summed E-state index contributed by atoms with van der Waals surface area (Å²) in [6.07, 6.45) is 0. The molecule has 0 spiro atoms. The number of nitrogens with one attached hydrogen (secondary N) is 1. The third-order valence-electron chi connectivity index (χ3n) is 2.24. The van der Waals surface area contributed by atoms with E-state index in [2.05, 4.69) is 9.97 Å². The van der Waals surface area contributed by atoms with Crippen LogP contribution >= 0.6 is 45.5 Å². The number of thiophene rings is 1. The summed E-state index contributed by atoms with van der Waals surface area (Å²) in [4.78, 5) is 20.0. The first-order valence-corrected chi connectivity index (χ1v) is 7.36. The van der Waals surface area contributed by atoms with E-state index in [-0.39, 0.29) is 11.5 Å². The van der Waals surface area contributed by atoms with E-state index in [0.717, 1.165) is 10.6 Å². The van der Waals surface area contributed by atoms with Crippen molar-refractivity contribution in [2.75, 3.05) is 0 Å². The molecule has 0 fully saturated rings. The SMILES string of the molecule is CC(C)c1nc(-c2cc(Cl)cs2)[nH]c(=O)c1I. The van der Waals surface area contributed by atoms with Gasteiger partial charge in [-0.15, -0.1) is 11.3 Å². The fourth-order valence-electron chi connectivity index (χ4n) is 1.41. The van der Waals surface area contributed by atoms with Gasteiger partial charge in [0, 0.05) is 5.38 Å². The van der Waals surface area contributed by atoms with Crippen LogP contribution in [0.5, 0.6) is 0 Å². The lowest BCUT2D eigenvalue weighted by molar-refractivity contribution is 0.803. The van der Waals surface area contributed by atoms with Crippen LogP contribution in [-0.2, 0) is 0 Å². The highest BCUT2D eigenvalue weighted by Crippen LogP contribution is 2.28. The average Bonchev–Trinajstić information content (AvgIpc) is 2.68. The predicted octanol–water partition coefficient (Wildman–Crippen LogP) is 3.88. The number of nitrogens with zero attached hydrogens (tertiary/aromatic N) is 1. The number of halogens is 2. The zero-order valence-corrected chi connectivity index (χ0v) is 13.0. The third-order valence-corrected chi connectivity index (χ3v) is 4.56. The molecule has 3 nitrogen and oxygen atoms in total. The Kier molecular flexibility index (Phi) is 3.89. The second kappa shape index (κ2) is 5.07. The topological polar surface area (TPSA) is 45.8 Å². The Morgan fingerprint density at radius 3 is 2.76 bits per heavy atom. The summed E-state index contributed by atoms with van der Waals surface area (Å²) in [6, 6.07) is 1.81. The molecule has 0 aliphatic heterocycles. The molecule has 0 aromatic carbocycles. The number of hydrogen-bond acceptors (Lipinski definition) is 3. The fourth-order valence-corrected chi connectivity index (χ4v) is 3.31. The summed E-state index contributed by atoms with van der Waals surface area (Å²) in [6.45, 7) is 4.05. The Morgan fingerprint density at radius 2 is 2.24 bits per heavy atom. The summed E-state index contributed by atoms with van der Waals surface area (Å²) >= 11 is 9.38. The maximum absolute atomic E-state index is 11.8. The molecule has 0 bridgehead atoms. The largest absolute Gasteiger partial charge is 0.305 e. The van der Waals surface area contributed by atoms with E-state index in [1.807, 2.05) is 47.9 Å². The van der Waals surface area contributed by atoms with Crippen molar-refractivity contribution in [1.82, 2.24) is 9.97 Å². The lowest BCUT2D eigenvalue weighted by Gasteiger charge is -2.08. The molecule has 0 aliphatic rings. The van der Waals surface area contributed by atoms with Crippen molar-refractivity contribution in [2.24, 2.45) is 0 Å². The van der Waals surface area contributed by atoms with Gasteiger partial charge < -0.3 is 4.98 Å². The van der Waals surface area contributed by atoms with Crippen molar-refractivity contribution in [3.63, 3.8) is 0 Å². The molecule has 2 aromatic heterocycles. The molecule has 2 rings (SSSR count). The molecule has 0 unspecified atom stereocenters. The van der Waals surface area contributed by atoms with Crippen molar-refractivity contribution < 1.29 is 0 Å². The minimum absolute atomic E-state index is 0.0937. The number of aromatic nitrogens is 2. The van der Waals surface area contributed by atoms with E-state index in [4.69, 9.17) is 11.6 Å². The van der Waals surface area contributed by atoms with Gasteiger partial charge in [-0.25, -0.2) is 4.98 Å². The molecule has 0 saturated heterocycles. The zero-order valence-electron chi connectivity index (χ0n) is 9.25. The Balaban J connectivity index is 2.61. The summed E-state index contributed by atoms with van der Waals surface area (Å²) in [5.41, 5.74) is 0.734. The smallest absolute Gasteiger partial charge is 0.264 e. The van der Waals surface area contributed by atoms with E-state index in [0.29, 0.717) is 14.4 Å². The van der Waals surface area contributed by atoms with Gasteiger partial charge >= 0.3 is 0 Å². The van der Waals surface area contributed by atoms with Gasteiger partial charge in [0.2, 0.25) is 0 Å². The van der Waals surface area contributed by atoms with Gasteiger partial charge in [0.15, 0.2) is 5.82 Å². The first kappa shape index (κ1) is 13.0. The minimum atomic E-state index is -0.0937. The van der Waals surface area contributed by atoms with E-state index < -0.39 is 0 Å². The Hall–Kier alpha value is -0.400. The van der Waals surface area contributed by atoms with E-state index >= 15 is 0 Å². The molecule has 0 atom stereocenters. The Morgan fingerprint density at radius 1 is 1.53 bits per heavy atom. The van der Waals surface area contributed by atoms with Gasteiger partial charge in [-0.2, -0.15) is 0 Å². The number of H-pyrrole nitrogens is 1. The van der Waals surface area contributed by atoms with Crippen molar-refractivity contribution >= 4 is 45.5 Å². The number of rotatable bonds is 2. The molecule has 90 valence electrons. The highest BCUT2D eigenvalue weighted by atomic mass is 127. The lowest BCUT2D eigenvalue weighted by atomic mass is 10.1. The van der Waals surface area contributed by atoms with Gasteiger partial charge in [0.25, 0.3) is 5.56 Å². The summed E-state index contributed by atoms with van der Waals surface area (Å²) < 4.78 is 0.656. The van der Waals surface area contributed by atoms with Crippen molar-refractivity contribution in [3.05, 3.63) is 36.1 Å². The number of aromatic amines is 1. The molecule has 17 heavy (non-hydrogen) atoms. The second-order valence-corrected chi connectivity index (χ2v) is 6.32. The average molecular weight is 381 g/mol. The fraction of sp³-hybridized carbons (Fsp3) is 0.273. The lowest BCUT2D eigenvalue weighted by Crippen LogP contribution is -2.16. The van der Waals surface area contributed by atoms with Crippen LogP contribution in [-0.4, -0.2) is 9.97 Å². The van der Waals surface area contributed by atoms with Gasteiger partial charge in [0.05, 0.1) is 19.2 Å². The Bertz CT molecular complexity index is 606. The van der Waals surface area contributed by atoms with E-state index in [1.165, 1.54) is 11.3 Å². The van der Waals surface area contributed by atoms with Crippen molar-refractivity contribution in [3.8, 4) is 10.7 Å². The summed E-state index contributed by atoms with van der Waals surface area (Å²) in [5.74, 6) is 0.814. The molecule has 0 saturated carbocycles. The zero-order chi connectivity index (χ0) is 12.6. The highest BCUT2D eigenvalue weighted by molar-refractivity contribution is 14.1. The van der Waals surface area contributed by atoms with Gasteiger partial charge in [-0.3, -0.25) is 4.79 Å². The summed E-state index contributed by atoms with van der Waals surface area (Å²) in [7, 11) is 0. The molecule has 6 heteroatoms. The van der Waals surface area contributed by atoms with Crippen LogP contribution < -0.4 is 5.56 Å². The molecular formula is C11H10ClIN2OS. The van der Waals surface area contributed by atoms with Crippen molar-refractivity contribution in [2.45, 2.75) is 19.8 Å². The van der Waals surface area contributed by atoms with Gasteiger partial charge in [-0.1, -0.05) is 25.4 Å². The van der Waals surface area contributed by atoms with Crippen LogP contribution in [0.3, 0.4) is 0 Å². The minimum Gasteiger partial charge on any atom is -0.305 e. The van der Waals surface area contributed by atoms with Gasteiger partial charge in [0.1, 0.15) is 0 Å². The van der Waals surface area contributed by atoms with Crippen LogP contribution in [0, 0.1) is 3.57 Å². The van der Waals surface area contributed by atoms with Gasteiger partial charge in [-0.05, 0) is 34.6 Å². The monoisotopic (exact) mass is 380 g/mol. The van der Waals surface area contributed by atoms with Crippen LogP contribution in [0.1, 0.15) is 25.5 Å². The first-order chi connectivity index (χ1) is 7.99. The van der Waals surface area contributed by atoms with E-state index in [9.17, 15) is 4.79 Å². The normalized spacial score (nSPS) is 11.1. The molecular weight excluding hydrogens is 371 g/mol. The maximum Gasteiger partial charge on any atom is 0.264 e. The second-order valence-electron chi connectivity index (χ2n) is 3.90. The number of hydrogen-bond donors (Lipinski definition) is 1. The van der Waals surface area contributed by atoms with Crippen LogP contribution in [0.4, 0.5) is 0 Å². The quantitative estimate of drug-likeness (QED) is 0.804. The third kappa shape index (κ3) is 2.71. The molecule has 0 aliphatic carbocycles. The Labute approximate surface area is 121 Å². The summed E-state index contributed by atoms with van der Waals surface area (Å²) in [5, 5.41) is 2.49. The molecule has 0 amide bonds. The highest BCUT2D eigenvalue weighted by Gasteiger charge is 2.13. The predicted molar refractivity (Wildman–Crippen MR) is 80.0 cm³/mol. The molecule has 2 heterocycles. The molecule has 0 radical (unpaired) electrons. The maximum atomic E-state index is 11.8. The molecule has 1 N–H and O–H groups in total. The first-order valence-electron chi connectivity index (χ1n) is 5.03. The van der Waals surface area contributed by atoms with Crippen LogP contribution in [0.25, 0.3) is 10.7 Å². The van der Waals surface area contributed by atoms with E-state index in [1.54, 1.807) is 0 Å². The van der Waals surface area contributed by atoms with Crippen LogP contribution in [0.15, 0.2) is 16.2 Å². The van der Waals surface area contributed by atoms with Crippen LogP contribution in [0.2, 0.25) is 5.02 Å². The van der Waals surface area contributed by atoms with Crippen molar-refractivity contribution in [1.29, 1.82) is 0 Å². The molecule has 2 aromatic rings.